The molecule has 1 atom stereocenters. The van der Waals surface area contributed by atoms with E-state index in [-0.39, 0.29) is 11.6 Å². The summed E-state index contributed by atoms with van der Waals surface area (Å²) in [6, 6.07) is 10.2. The molecule has 0 aliphatic rings. The highest BCUT2D eigenvalue weighted by Crippen LogP contribution is 2.34. The number of benzene rings is 2. The number of carbonyl (C=O) groups is 2. The van der Waals surface area contributed by atoms with Crippen LogP contribution in [0.15, 0.2) is 47.8 Å². The van der Waals surface area contributed by atoms with Crippen LogP contribution in [-0.2, 0) is 4.79 Å². The van der Waals surface area contributed by atoms with Crippen LogP contribution in [0.4, 0.5) is 10.1 Å². The Morgan fingerprint density at radius 2 is 1.68 bits per heavy atom. The van der Waals surface area contributed by atoms with Gasteiger partial charge in [-0.15, -0.1) is 5.10 Å². The number of para-hydroxylation sites is 1. The number of anilines is 1. The number of nitrogens with one attached hydrogen (secondary N) is 1. The Morgan fingerprint density at radius 3 is 2.19 bits per heavy atom. The standard InChI is InChI=1S/C23H25FN4O2S/c1-14-7-6-8-15(2)19(14)28(22(30)18-13-31-27-26-18)20(21(29)25-23(3,4)5)16-9-11-17(24)12-10-16/h6-13,20H,1-5H3,(H,25,29). The van der Waals surface area contributed by atoms with Crippen molar-refractivity contribution < 1.29 is 14.0 Å². The van der Waals surface area contributed by atoms with Crippen LogP contribution in [0.5, 0.6) is 0 Å². The van der Waals surface area contributed by atoms with Gasteiger partial charge in [0.1, 0.15) is 11.9 Å². The molecule has 162 valence electrons. The molecule has 0 aliphatic carbocycles. The van der Waals surface area contributed by atoms with Gasteiger partial charge >= 0.3 is 0 Å². The summed E-state index contributed by atoms with van der Waals surface area (Å²) in [4.78, 5) is 28.6. The lowest BCUT2D eigenvalue weighted by molar-refractivity contribution is -0.123. The quantitative estimate of drug-likeness (QED) is 0.629. The lowest BCUT2D eigenvalue weighted by Crippen LogP contribution is -2.50. The second-order valence-electron chi connectivity index (χ2n) is 8.40. The molecule has 0 aliphatic heterocycles. The topological polar surface area (TPSA) is 75.2 Å². The highest BCUT2D eigenvalue weighted by atomic mass is 32.1. The number of carbonyl (C=O) groups excluding carboxylic acids is 2. The Hall–Kier alpha value is -3.13. The molecule has 0 bridgehead atoms. The normalized spacial score (nSPS) is 12.3. The van der Waals surface area contributed by atoms with Gasteiger partial charge in [0, 0.05) is 10.9 Å². The molecule has 0 saturated heterocycles. The van der Waals surface area contributed by atoms with Gasteiger partial charge in [-0.05, 0) is 75.0 Å². The van der Waals surface area contributed by atoms with E-state index < -0.39 is 23.3 Å². The third-order valence-corrected chi connectivity index (χ3v) is 5.17. The summed E-state index contributed by atoms with van der Waals surface area (Å²) in [7, 11) is 0. The van der Waals surface area contributed by atoms with Crippen molar-refractivity contribution in [3.05, 3.63) is 76.0 Å². The van der Waals surface area contributed by atoms with Gasteiger partial charge in [-0.2, -0.15) is 0 Å². The van der Waals surface area contributed by atoms with E-state index >= 15 is 0 Å². The molecule has 0 radical (unpaired) electrons. The average Bonchev–Trinajstić information content (AvgIpc) is 3.21. The van der Waals surface area contributed by atoms with Crippen LogP contribution >= 0.6 is 11.5 Å². The number of hydrogen-bond acceptors (Lipinski definition) is 5. The minimum absolute atomic E-state index is 0.142. The number of aromatic nitrogens is 2. The highest BCUT2D eigenvalue weighted by Gasteiger charge is 2.37. The fraction of sp³-hybridized carbons (Fsp3) is 0.304. The van der Waals surface area contributed by atoms with Crippen molar-refractivity contribution >= 4 is 29.0 Å². The summed E-state index contributed by atoms with van der Waals surface area (Å²) in [6.07, 6.45) is 0. The Balaban J connectivity index is 2.25. The molecule has 0 fully saturated rings. The van der Waals surface area contributed by atoms with E-state index in [1.807, 2.05) is 52.8 Å². The van der Waals surface area contributed by atoms with Crippen molar-refractivity contribution in [3.8, 4) is 0 Å². The summed E-state index contributed by atoms with van der Waals surface area (Å²) in [5.74, 6) is -1.25. The van der Waals surface area contributed by atoms with Crippen LogP contribution in [0.1, 0.15) is 54.0 Å². The van der Waals surface area contributed by atoms with Crippen LogP contribution in [0, 0.1) is 19.7 Å². The molecule has 3 aromatic rings. The lowest BCUT2D eigenvalue weighted by atomic mass is 9.98. The molecular weight excluding hydrogens is 415 g/mol. The Labute approximate surface area is 185 Å². The van der Waals surface area contributed by atoms with Crippen LogP contribution in [0.25, 0.3) is 0 Å². The summed E-state index contributed by atoms with van der Waals surface area (Å²) in [5.41, 5.74) is 2.36. The SMILES string of the molecule is Cc1cccc(C)c1N(C(=O)c1csnn1)C(C(=O)NC(C)(C)C)c1ccc(F)cc1. The predicted octanol–water partition coefficient (Wildman–Crippen LogP) is 4.60. The molecule has 3 rings (SSSR count). The highest BCUT2D eigenvalue weighted by molar-refractivity contribution is 7.03. The van der Waals surface area contributed by atoms with E-state index in [0.717, 1.165) is 22.7 Å². The largest absolute Gasteiger partial charge is 0.349 e. The van der Waals surface area contributed by atoms with Crippen molar-refractivity contribution in [2.75, 3.05) is 4.90 Å². The average molecular weight is 441 g/mol. The fourth-order valence-electron chi connectivity index (χ4n) is 3.42. The minimum atomic E-state index is -1.03. The third kappa shape index (κ3) is 5.14. The zero-order chi connectivity index (χ0) is 22.8. The van der Waals surface area contributed by atoms with Gasteiger partial charge in [-0.3, -0.25) is 14.5 Å². The van der Waals surface area contributed by atoms with Crippen LogP contribution in [0.2, 0.25) is 0 Å². The predicted molar refractivity (Wildman–Crippen MR) is 120 cm³/mol. The van der Waals surface area contributed by atoms with Crippen LogP contribution in [-0.4, -0.2) is 26.9 Å². The smallest absolute Gasteiger partial charge is 0.280 e. The first-order chi connectivity index (χ1) is 14.6. The Kier molecular flexibility index (Phi) is 6.50. The number of nitrogens with zero attached hydrogens (tertiary/aromatic N) is 3. The molecule has 2 aromatic carbocycles. The van der Waals surface area contributed by atoms with E-state index in [1.165, 1.54) is 29.2 Å². The zero-order valence-corrected chi connectivity index (χ0v) is 19.0. The second kappa shape index (κ2) is 8.93. The maximum absolute atomic E-state index is 13.7. The Bertz CT molecular complexity index is 1060. The van der Waals surface area contributed by atoms with Gasteiger partial charge in [0.25, 0.3) is 5.91 Å². The molecule has 1 heterocycles. The summed E-state index contributed by atoms with van der Waals surface area (Å²) in [5, 5.41) is 8.44. The summed E-state index contributed by atoms with van der Waals surface area (Å²) >= 11 is 1.06. The number of hydrogen-bond donors (Lipinski definition) is 1. The maximum Gasteiger partial charge on any atom is 0.280 e. The Morgan fingerprint density at radius 1 is 1.06 bits per heavy atom. The van der Waals surface area contributed by atoms with Gasteiger partial charge < -0.3 is 5.32 Å². The third-order valence-electron chi connectivity index (χ3n) is 4.67. The minimum Gasteiger partial charge on any atom is -0.349 e. The molecular formula is C23H25FN4O2S. The molecule has 2 amide bonds. The van der Waals surface area contributed by atoms with E-state index in [4.69, 9.17) is 0 Å². The van der Waals surface area contributed by atoms with Crippen LogP contribution < -0.4 is 10.2 Å². The van der Waals surface area contributed by atoms with Gasteiger partial charge in [0.15, 0.2) is 5.69 Å². The summed E-state index contributed by atoms with van der Waals surface area (Å²) in [6.45, 7) is 9.35. The van der Waals surface area contributed by atoms with Crippen molar-refractivity contribution in [3.63, 3.8) is 0 Å². The molecule has 0 spiro atoms. The van der Waals surface area contributed by atoms with Gasteiger partial charge in [0.05, 0.1) is 5.69 Å². The van der Waals surface area contributed by atoms with E-state index in [2.05, 4.69) is 14.9 Å². The molecule has 1 aromatic heterocycles. The number of rotatable bonds is 5. The molecule has 31 heavy (non-hydrogen) atoms. The van der Waals surface area contributed by atoms with Crippen LogP contribution in [0.3, 0.4) is 0 Å². The van der Waals surface area contributed by atoms with Crippen molar-refractivity contribution in [1.29, 1.82) is 0 Å². The zero-order valence-electron chi connectivity index (χ0n) is 18.1. The number of amides is 2. The second-order valence-corrected chi connectivity index (χ2v) is 9.01. The van der Waals surface area contributed by atoms with Crippen molar-refractivity contribution in [1.82, 2.24) is 14.9 Å². The van der Waals surface area contributed by atoms with Gasteiger partial charge in [-0.25, -0.2) is 4.39 Å². The molecule has 1 N–H and O–H groups in total. The number of halogens is 1. The number of aryl methyl sites for hydroxylation is 2. The first-order valence-corrected chi connectivity index (χ1v) is 10.7. The maximum atomic E-state index is 13.7. The summed E-state index contributed by atoms with van der Waals surface area (Å²) < 4.78 is 17.5. The lowest BCUT2D eigenvalue weighted by Gasteiger charge is -2.35. The monoisotopic (exact) mass is 440 g/mol. The first-order valence-electron chi connectivity index (χ1n) is 9.83. The van der Waals surface area contributed by atoms with E-state index in [9.17, 15) is 14.0 Å². The molecule has 8 heteroatoms. The fourth-order valence-corrected chi connectivity index (χ4v) is 3.85. The van der Waals surface area contributed by atoms with Gasteiger partial charge in [0.2, 0.25) is 5.91 Å². The van der Waals surface area contributed by atoms with Crippen molar-refractivity contribution in [2.45, 2.75) is 46.2 Å². The molecule has 1 unspecified atom stereocenters. The molecule has 0 saturated carbocycles. The van der Waals surface area contributed by atoms with E-state index in [1.54, 1.807) is 5.38 Å². The van der Waals surface area contributed by atoms with E-state index in [0.29, 0.717) is 11.3 Å². The molecule has 6 nitrogen and oxygen atoms in total. The first kappa shape index (κ1) is 22.6. The van der Waals surface area contributed by atoms with Crippen molar-refractivity contribution in [2.24, 2.45) is 0 Å². The van der Waals surface area contributed by atoms with Gasteiger partial charge in [-0.1, -0.05) is 34.8 Å².